The highest BCUT2D eigenvalue weighted by atomic mass is 16.5. The first kappa shape index (κ1) is 17.0. The summed E-state index contributed by atoms with van der Waals surface area (Å²) in [6.07, 6.45) is 1.77. The van der Waals surface area contributed by atoms with E-state index in [2.05, 4.69) is 10.4 Å². The molecular weight excluding hydrogens is 322 g/mol. The Kier molecular flexibility index (Phi) is 4.24. The number of nitrogens with one attached hydrogen (secondary N) is 1. The third-order valence-electron chi connectivity index (χ3n) is 4.77. The lowest BCUT2D eigenvalue weighted by atomic mass is 10.1. The van der Waals surface area contributed by atoms with E-state index < -0.39 is 23.2 Å². The zero-order valence-electron chi connectivity index (χ0n) is 14.4. The van der Waals surface area contributed by atoms with Crippen LogP contribution in [0.5, 0.6) is 5.75 Å². The number of methoxy groups -OCH3 is 1. The first-order valence-electron chi connectivity index (χ1n) is 8.03. The Morgan fingerprint density at radius 1 is 1.24 bits per heavy atom. The zero-order chi connectivity index (χ0) is 18.2. The summed E-state index contributed by atoms with van der Waals surface area (Å²) in [4.78, 5) is 23.5. The predicted molar refractivity (Wildman–Crippen MR) is 91.3 cm³/mol. The average Bonchev–Trinajstić information content (AvgIpc) is 2.91. The van der Waals surface area contributed by atoms with Crippen LogP contribution >= 0.6 is 0 Å². The number of carbonyl (C=O) groups excluding carboxylic acids is 1. The standard InChI is InChI=1S/C18H21N3O4/c1-18(2)14(15(18)17(23)24)16(22)19-13-8-9-21(20-13)10-11-4-6-12(25-3)7-5-11/h4-9,14-15H,10H2,1-3H3,(H,23,24)(H,19,20,22)/t14-,15+/m0/s1. The first-order chi connectivity index (χ1) is 11.8. The van der Waals surface area contributed by atoms with Crippen LogP contribution in [-0.2, 0) is 16.1 Å². The molecule has 2 atom stereocenters. The Labute approximate surface area is 145 Å². The van der Waals surface area contributed by atoms with Crippen LogP contribution in [0.15, 0.2) is 36.5 Å². The summed E-state index contributed by atoms with van der Waals surface area (Å²) in [5.74, 6) is -1.20. The Bertz CT molecular complexity index is 795. The molecule has 2 N–H and O–H groups in total. The number of benzene rings is 1. The van der Waals surface area contributed by atoms with Crippen molar-refractivity contribution in [3.63, 3.8) is 0 Å². The van der Waals surface area contributed by atoms with Crippen molar-refractivity contribution in [2.24, 2.45) is 17.3 Å². The molecule has 0 unspecified atom stereocenters. The number of rotatable bonds is 6. The van der Waals surface area contributed by atoms with E-state index in [1.165, 1.54) is 0 Å². The number of aliphatic carboxylic acids is 1. The Morgan fingerprint density at radius 2 is 1.92 bits per heavy atom. The molecule has 1 fully saturated rings. The molecule has 25 heavy (non-hydrogen) atoms. The van der Waals surface area contributed by atoms with Crippen LogP contribution in [0.25, 0.3) is 0 Å². The second-order valence-electron chi connectivity index (χ2n) is 6.85. The molecule has 1 saturated carbocycles. The quantitative estimate of drug-likeness (QED) is 0.839. The summed E-state index contributed by atoms with van der Waals surface area (Å²) in [6.45, 7) is 4.14. The SMILES string of the molecule is COc1ccc(Cn2ccc(NC(=O)[C@@H]3[C@H](C(=O)O)C3(C)C)n2)cc1. The number of carboxylic acids is 1. The van der Waals surface area contributed by atoms with Gasteiger partial charge in [-0.25, -0.2) is 0 Å². The number of carboxylic acid groups (broad SMARTS) is 1. The third-order valence-corrected chi connectivity index (χ3v) is 4.77. The Morgan fingerprint density at radius 3 is 2.48 bits per heavy atom. The first-order valence-corrected chi connectivity index (χ1v) is 8.03. The molecule has 1 aromatic heterocycles. The van der Waals surface area contributed by atoms with E-state index >= 15 is 0 Å². The van der Waals surface area contributed by atoms with Gasteiger partial charge in [-0.1, -0.05) is 26.0 Å². The van der Waals surface area contributed by atoms with Gasteiger partial charge >= 0.3 is 5.97 Å². The van der Waals surface area contributed by atoms with Gasteiger partial charge in [0.05, 0.1) is 25.5 Å². The van der Waals surface area contributed by atoms with Crippen molar-refractivity contribution in [2.45, 2.75) is 20.4 Å². The molecule has 1 amide bonds. The normalized spacial score (nSPS) is 20.8. The second-order valence-corrected chi connectivity index (χ2v) is 6.85. The summed E-state index contributed by atoms with van der Waals surface area (Å²) in [7, 11) is 1.62. The van der Waals surface area contributed by atoms with Crippen LogP contribution in [0.4, 0.5) is 5.82 Å². The Balaban J connectivity index is 1.62. The number of aromatic nitrogens is 2. The zero-order valence-corrected chi connectivity index (χ0v) is 14.4. The summed E-state index contributed by atoms with van der Waals surface area (Å²) in [5, 5.41) is 16.2. The molecule has 1 heterocycles. The molecule has 0 radical (unpaired) electrons. The fourth-order valence-electron chi connectivity index (χ4n) is 3.23. The van der Waals surface area contributed by atoms with E-state index in [1.807, 2.05) is 24.3 Å². The number of ether oxygens (including phenoxy) is 1. The molecule has 1 aliphatic rings. The molecule has 0 aliphatic heterocycles. The smallest absolute Gasteiger partial charge is 0.307 e. The fraction of sp³-hybridized carbons (Fsp3) is 0.389. The lowest BCUT2D eigenvalue weighted by molar-refractivity contribution is -0.140. The summed E-state index contributed by atoms with van der Waals surface area (Å²) >= 11 is 0. The highest BCUT2D eigenvalue weighted by molar-refractivity contribution is 5.99. The van der Waals surface area contributed by atoms with Crippen molar-refractivity contribution in [2.75, 3.05) is 12.4 Å². The summed E-state index contributed by atoms with van der Waals surface area (Å²) < 4.78 is 6.84. The van der Waals surface area contributed by atoms with Crippen molar-refractivity contribution in [1.29, 1.82) is 0 Å². The number of carbonyl (C=O) groups is 2. The van der Waals surface area contributed by atoms with Crippen molar-refractivity contribution in [3.05, 3.63) is 42.1 Å². The molecule has 1 aliphatic carbocycles. The van der Waals surface area contributed by atoms with Gasteiger partial charge in [-0.15, -0.1) is 0 Å². The maximum atomic E-state index is 12.3. The lowest BCUT2D eigenvalue weighted by Gasteiger charge is -2.05. The number of amides is 1. The van der Waals surface area contributed by atoms with E-state index in [0.29, 0.717) is 12.4 Å². The van der Waals surface area contributed by atoms with Crippen LogP contribution < -0.4 is 10.1 Å². The number of anilines is 1. The molecule has 0 spiro atoms. The van der Waals surface area contributed by atoms with Crippen LogP contribution in [0.3, 0.4) is 0 Å². The van der Waals surface area contributed by atoms with Gasteiger partial charge in [-0.05, 0) is 23.1 Å². The summed E-state index contributed by atoms with van der Waals surface area (Å²) in [5.41, 5.74) is 0.526. The molecule has 2 aromatic rings. The maximum absolute atomic E-state index is 12.3. The molecule has 1 aromatic carbocycles. The fourth-order valence-corrected chi connectivity index (χ4v) is 3.23. The monoisotopic (exact) mass is 343 g/mol. The van der Waals surface area contributed by atoms with Crippen LogP contribution in [0, 0.1) is 17.3 Å². The minimum absolute atomic E-state index is 0.299. The van der Waals surface area contributed by atoms with Crippen molar-refractivity contribution in [1.82, 2.24) is 9.78 Å². The van der Waals surface area contributed by atoms with Gasteiger partial charge in [-0.2, -0.15) is 5.10 Å². The van der Waals surface area contributed by atoms with Crippen molar-refractivity contribution < 1.29 is 19.4 Å². The van der Waals surface area contributed by atoms with Crippen LogP contribution in [-0.4, -0.2) is 33.9 Å². The van der Waals surface area contributed by atoms with Crippen LogP contribution in [0.1, 0.15) is 19.4 Å². The topological polar surface area (TPSA) is 93.5 Å². The van der Waals surface area contributed by atoms with Gasteiger partial charge < -0.3 is 15.2 Å². The van der Waals surface area contributed by atoms with E-state index in [0.717, 1.165) is 11.3 Å². The van der Waals surface area contributed by atoms with Gasteiger partial charge in [0.1, 0.15) is 5.75 Å². The maximum Gasteiger partial charge on any atom is 0.307 e. The predicted octanol–water partition coefficient (Wildman–Crippen LogP) is 2.24. The van der Waals surface area contributed by atoms with Gasteiger partial charge in [0.25, 0.3) is 0 Å². The Hall–Kier alpha value is -2.83. The second kappa shape index (κ2) is 6.23. The minimum atomic E-state index is -0.935. The van der Waals surface area contributed by atoms with E-state index in [-0.39, 0.29) is 5.91 Å². The third kappa shape index (κ3) is 3.35. The van der Waals surface area contributed by atoms with Crippen molar-refractivity contribution in [3.8, 4) is 5.75 Å². The largest absolute Gasteiger partial charge is 0.497 e. The van der Waals surface area contributed by atoms with Gasteiger partial charge in [0, 0.05) is 12.3 Å². The number of hydrogen-bond donors (Lipinski definition) is 2. The van der Waals surface area contributed by atoms with Gasteiger partial charge in [-0.3, -0.25) is 14.3 Å². The van der Waals surface area contributed by atoms with Crippen molar-refractivity contribution >= 4 is 17.7 Å². The molecule has 0 saturated heterocycles. The lowest BCUT2D eigenvalue weighted by Crippen LogP contribution is -2.18. The molecule has 132 valence electrons. The highest BCUT2D eigenvalue weighted by Gasteiger charge is 2.65. The number of nitrogens with zero attached hydrogens (tertiary/aromatic N) is 2. The van der Waals surface area contributed by atoms with Gasteiger partial charge in [0.15, 0.2) is 5.82 Å². The van der Waals surface area contributed by atoms with E-state index in [9.17, 15) is 14.7 Å². The minimum Gasteiger partial charge on any atom is -0.497 e. The average molecular weight is 343 g/mol. The van der Waals surface area contributed by atoms with E-state index in [1.54, 1.807) is 37.9 Å². The van der Waals surface area contributed by atoms with E-state index in [4.69, 9.17) is 4.74 Å². The summed E-state index contributed by atoms with van der Waals surface area (Å²) in [6, 6.07) is 9.35. The molecule has 3 rings (SSSR count). The molecule has 7 nitrogen and oxygen atoms in total. The molecule has 7 heteroatoms. The molecule has 0 bridgehead atoms. The number of hydrogen-bond acceptors (Lipinski definition) is 4. The molecular formula is C18H21N3O4. The highest BCUT2D eigenvalue weighted by Crippen LogP contribution is 2.58. The van der Waals surface area contributed by atoms with Gasteiger partial charge in [0.2, 0.25) is 5.91 Å². The van der Waals surface area contributed by atoms with Crippen LogP contribution in [0.2, 0.25) is 0 Å².